The lowest BCUT2D eigenvalue weighted by Crippen LogP contribution is -2.06. The molecule has 0 saturated heterocycles. The van der Waals surface area contributed by atoms with Crippen LogP contribution in [0.4, 0.5) is 25.2 Å². The monoisotopic (exact) mass is 428 g/mol. The summed E-state index contributed by atoms with van der Waals surface area (Å²) in [4.78, 5) is 21.3. The number of amides is 1. The van der Waals surface area contributed by atoms with Gasteiger partial charge in [-0.25, -0.2) is 33.2 Å². The third-order valence-electron chi connectivity index (χ3n) is 4.26. The van der Waals surface area contributed by atoms with Crippen molar-refractivity contribution in [2.75, 3.05) is 11.5 Å². The number of carboxylic acid groups (broad SMARTS) is 1. The van der Waals surface area contributed by atoms with Crippen LogP contribution < -0.4 is 17.2 Å². The van der Waals surface area contributed by atoms with Crippen LogP contribution in [0.25, 0.3) is 22.6 Å². The Morgan fingerprint density at radius 1 is 1.16 bits per heavy atom. The highest BCUT2D eigenvalue weighted by Crippen LogP contribution is 2.28. The first-order chi connectivity index (χ1) is 14.7. The topological polar surface area (TPSA) is 172 Å². The summed E-state index contributed by atoms with van der Waals surface area (Å²) in [5.41, 5.74) is 17.4. The van der Waals surface area contributed by atoms with Gasteiger partial charge >= 0.3 is 6.09 Å². The number of halogens is 2. The first kappa shape index (κ1) is 21.4. The Morgan fingerprint density at radius 3 is 2.39 bits per heavy atom. The highest BCUT2D eigenvalue weighted by atomic mass is 19.1. The number of benzene rings is 1. The van der Waals surface area contributed by atoms with E-state index in [9.17, 15) is 8.78 Å². The van der Waals surface area contributed by atoms with E-state index in [0.29, 0.717) is 22.2 Å². The third kappa shape index (κ3) is 4.63. The van der Waals surface area contributed by atoms with Crippen LogP contribution in [-0.4, -0.2) is 35.9 Å². The Labute approximate surface area is 174 Å². The fourth-order valence-corrected chi connectivity index (χ4v) is 2.76. The molecule has 4 aromatic rings. The fraction of sp³-hybridized carbons (Fsp3) is 0.105. The lowest BCUT2D eigenvalue weighted by molar-refractivity contribution is 0.205. The van der Waals surface area contributed by atoms with Gasteiger partial charge < -0.3 is 22.3 Å². The molecule has 0 radical (unpaired) electrons. The number of aromatic nitrogens is 5. The van der Waals surface area contributed by atoms with Crippen molar-refractivity contribution in [3.8, 4) is 11.5 Å². The van der Waals surface area contributed by atoms with Crippen LogP contribution in [0.3, 0.4) is 0 Å². The number of nitrogen functional groups attached to an aromatic ring is 2. The summed E-state index contributed by atoms with van der Waals surface area (Å²) < 4.78 is 29.3. The van der Waals surface area contributed by atoms with Crippen molar-refractivity contribution in [1.29, 1.82) is 0 Å². The molecule has 0 bridgehead atoms. The zero-order valence-corrected chi connectivity index (χ0v) is 16.3. The minimum absolute atomic E-state index is 0.110. The second kappa shape index (κ2) is 8.57. The molecule has 0 spiro atoms. The van der Waals surface area contributed by atoms with E-state index in [1.54, 1.807) is 25.1 Å². The average Bonchev–Trinajstić information content (AvgIpc) is 3.04. The molecule has 3 aromatic heterocycles. The van der Waals surface area contributed by atoms with Gasteiger partial charge in [0.15, 0.2) is 11.5 Å². The van der Waals surface area contributed by atoms with E-state index in [1.165, 1.54) is 16.8 Å². The third-order valence-corrected chi connectivity index (χ3v) is 4.26. The van der Waals surface area contributed by atoms with Crippen LogP contribution in [0.5, 0.6) is 0 Å². The zero-order valence-electron chi connectivity index (χ0n) is 16.3. The number of hydrogen-bond donors (Lipinski definition) is 4. The Morgan fingerprint density at radius 2 is 1.77 bits per heavy atom. The molecule has 0 saturated carbocycles. The average molecular weight is 428 g/mol. The van der Waals surface area contributed by atoms with E-state index in [-0.39, 0.29) is 35.5 Å². The van der Waals surface area contributed by atoms with Gasteiger partial charge in [-0.3, -0.25) is 0 Å². The Hall–Kier alpha value is -4.35. The smallest absolute Gasteiger partial charge is 0.402 e. The minimum Gasteiger partial charge on any atom is -0.465 e. The van der Waals surface area contributed by atoms with Gasteiger partial charge in [-0.05, 0) is 19.1 Å². The molecule has 7 N–H and O–H groups in total. The zero-order chi connectivity index (χ0) is 22.7. The minimum atomic E-state index is -1.33. The van der Waals surface area contributed by atoms with Crippen LogP contribution in [0.15, 0.2) is 36.5 Å². The van der Waals surface area contributed by atoms with E-state index >= 15 is 0 Å². The van der Waals surface area contributed by atoms with E-state index in [4.69, 9.17) is 21.4 Å². The van der Waals surface area contributed by atoms with Crippen molar-refractivity contribution in [2.24, 2.45) is 5.73 Å². The molecule has 31 heavy (non-hydrogen) atoms. The first-order valence-corrected chi connectivity index (χ1v) is 8.81. The van der Waals surface area contributed by atoms with Gasteiger partial charge in [0.1, 0.15) is 29.0 Å². The van der Waals surface area contributed by atoms with Crippen molar-refractivity contribution in [2.45, 2.75) is 13.5 Å². The summed E-state index contributed by atoms with van der Waals surface area (Å²) in [6.45, 7) is 1.81. The summed E-state index contributed by atoms with van der Waals surface area (Å²) in [5, 5.41) is 12.0. The molecule has 12 heteroatoms. The Bertz CT molecular complexity index is 1250. The second-order valence-electron chi connectivity index (χ2n) is 6.40. The summed E-state index contributed by atoms with van der Waals surface area (Å²) in [5.74, 6) is -0.343. The molecule has 10 nitrogen and oxygen atoms in total. The highest BCUT2D eigenvalue weighted by molar-refractivity contribution is 5.89. The van der Waals surface area contributed by atoms with Crippen LogP contribution in [0.2, 0.25) is 0 Å². The molecule has 0 aliphatic heterocycles. The standard InChI is InChI=1S/C18H15F2N7.CH3NO2/c1-9-15(21)24-17(25-16(9)22)14-12-6-11(19)7-23-18(12)27(26-14)8-10-4-2-3-5-13(10)20;2-1(3)4/h2-7H,8H2,1H3,(H4,21,22,24,25);2H2,(H,3,4). The van der Waals surface area contributed by atoms with E-state index in [1.807, 2.05) is 0 Å². The number of primary amides is 1. The van der Waals surface area contributed by atoms with Gasteiger partial charge in [0.05, 0.1) is 18.1 Å². The van der Waals surface area contributed by atoms with Crippen LogP contribution in [-0.2, 0) is 6.54 Å². The fourth-order valence-electron chi connectivity index (χ4n) is 2.76. The maximum atomic E-state index is 14.0. The van der Waals surface area contributed by atoms with E-state index < -0.39 is 11.9 Å². The Balaban J connectivity index is 0.000000628. The molecule has 0 aliphatic carbocycles. The van der Waals surface area contributed by atoms with Gasteiger partial charge in [-0.2, -0.15) is 5.10 Å². The number of pyridine rings is 1. The first-order valence-electron chi connectivity index (χ1n) is 8.81. The molecule has 1 aromatic carbocycles. The number of carbonyl (C=O) groups is 1. The molecule has 4 rings (SSSR count). The molecule has 0 fully saturated rings. The SMILES string of the molecule is Cc1c(N)nc(-c2nn(Cc3ccccc3F)c3ncc(F)cc23)nc1N.NC(=O)O. The molecule has 0 aliphatic rings. The molecule has 160 valence electrons. The van der Waals surface area contributed by atoms with E-state index in [2.05, 4.69) is 25.8 Å². The summed E-state index contributed by atoms with van der Waals surface area (Å²) >= 11 is 0. The molecule has 0 atom stereocenters. The summed E-state index contributed by atoms with van der Waals surface area (Å²) in [6.07, 6.45) is -0.260. The Kier molecular flexibility index (Phi) is 5.90. The molecule has 3 heterocycles. The van der Waals surface area contributed by atoms with Crippen molar-refractivity contribution >= 4 is 28.8 Å². The normalized spacial score (nSPS) is 10.5. The number of nitrogens with two attached hydrogens (primary N) is 3. The van der Waals surface area contributed by atoms with Crippen molar-refractivity contribution < 1.29 is 18.7 Å². The van der Waals surface area contributed by atoms with Gasteiger partial charge in [0, 0.05) is 11.1 Å². The number of rotatable bonds is 3. The molecule has 1 amide bonds. The predicted molar refractivity (Wildman–Crippen MR) is 110 cm³/mol. The molecular weight excluding hydrogens is 410 g/mol. The van der Waals surface area contributed by atoms with Gasteiger partial charge in [0.2, 0.25) is 0 Å². The summed E-state index contributed by atoms with van der Waals surface area (Å²) in [6, 6.07) is 7.61. The van der Waals surface area contributed by atoms with Crippen molar-refractivity contribution in [3.63, 3.8) is 0 Å². The van der Waals surface area contributed by atoms with Gasteiger partial charge in [-0.15, -0.1) is 0 Å². The second-order valence-corrected chi connectivity index (χ2v) is 6.40. The van der Waals surface area contributed by atoms with Crippen LogP contribution in [0, 0.1) is 18.6 Å². The lowest BCUT2D eigenvalue weighted by Gasteiger charge is -2.05. The number of nitrogens with zero attached hydrogens (tertiary/aromatic N) is 5. The van der Waals surface area contributed by atoms with Crippen molar-refractivity contribution in [1.82, 2.24) is 24.7 Å². The number of hydrogen-bond acceptors (Lipinski definition) is 7. The van der Waals surface area contributed by atoms with Crippen LogP contribution in [0.1, 0.15) is 11.1 Å². The molecule has 0 unspecified atom stereocenters. The van der Waals surface area contributed by atoms with Crippen LogP contribution >= 0.6 is 0 Å². The maximum Gasteiger partial charge on any atom is 0.402 e. The maximum absolute atomic E-state index is 14.0. The van der Waals surface area contributed by atoms with Gasteiger partial charge in [0.25, 0.3) is 0 Å². The predicted octanol–water partition coefficient (Wildman–Crippen LogP) is 2.31. The summed E-state index contributed by atoms with van der Waals surface area (Å²) in [7, 11) is 0. The number of anilines is 2. The number of fused-ring (bicyclic) bond motifs is 1. The van der Waals surface area contributed by atoms with Gasteiger partial charge in [-0.1, -0.05) is 18.2 Å². The quantitative estimate of drug-likeness (QED) is 0.385. The van der Waals surface area contributed by atoms with E-state index in [0.717, 1.165) is 6.20 Å². The van der Waals surface area contributed by atoms with Crippen molar-refractivity contribution in [3.05, 3.63) is 59.3 Å². The molecular formula is C19H18F2N8O2. The largest absolute Gasteiger partial charge is 0.465 e. The highest BCUT2D eigenvalue weighted by Gasteiger charge is 2.19. The lowest BCUT2D eigenvalue weighted by atomic mass is 10.2.